The maximum atomic E-state index is 6.56. The standard InChI is InChI=1S/C33H27NO/c1-33(2,3)25-15-16-27-29(20-25)31(24-14-13-22-9-7-8-10-23(22)19-24)30-21-34-18-17-28(30)32(27)35-26-11-5-4-6-12-26/h4-21H,1-3H3. The zero-order chi connectivity index (χ0) is 24.0. The number of hydrogen-bond donors (Lipinski definition) is 0. The highest BCUT2D eigenvalue weighted by Gasteiger charge is 2.21. The van der Waals surface area contributed by atoms with Gasteiger partial charge in [0.15, 0.2) is 0 Å². The molecule has 0 atom stereocenters. The second-order valence-electron chi connectivity index (χ2n) is 10.1. The van der Waals surface area contributed by atoms with Crippen LogP contribution < -0.4 is 4.74 Å². The highest BCUT2D eigenvalue weighted by atomic mass is 16.5. The third-order valence-corrected chi connectivity index (χ3v) is 6.74. The zero-order valence-electron chi connectivity index (χ0n) is 20.2. The van der Waals surface area contributed by atoms with E-state index in [-0.39, 0.29) is 5.41 Å². The van der Waals surface area contributed by atoms with Crippen molar-refractivity contribution in [2.24, 2.45) is 0 Å². The number of aromatic nitrogens is 1. The molecule has 170 valence electrons. The quantitative estimate of drug-likeness (QED) is 0.249. The Bertz CT molecular complexity index is 1690. The third-order valence-electron chi connectivity index (χ3n) is 6.74. The Labute approximate surface area is 205 Å². The lowest BCUT2D eigenvalue weighted by Gasteiger charge is -2.22. The minimum Gasteiger partial charge on any atom is -0.456 e. The number of pyridine rings is 1. The molecule has 0 spiro atoms. The molecule has 0 saturated carbocycles. The lowest BCUT2D eigenvalue weighted by atomic mass is 9.83. The first kappa shape index (κ1) is 21.4. The first-order chi connectivity index (χ1) is 17.0. The molecule has 0 fully saturated rings. The summed E-state index contributed by atoms with van der Waals surface area (Å²) in [6.45, 7) is 6.77. The Balaban J connectivity index is 1.73. The average molecular weight is 454 g/mol. The molecule has 0 unspecified atom stereocenters. The van der Waals surface area contributed by atoms with Gasteiger partial charge >= 0.3 is 0 Å². The molecule has 0 bridgehead atoms. The maximum absolute atomic E-state index is 6.56. The highest BCUT2D eigenvalue weighted by molar-refractivity contribution is 6.17. The molecule has 0 aliphatic rings. The average Bonchev–Trinajstić information content (AvgIpc) is 2.88. The minimum absolute atomic E-state index is 0.0270. The van der Waals surface area contributed by atoms with Crippen molar-refractivity contribution in [1.82, 2.24) is 4.98 Å². The molecule has 0 N–H and O–H groups in total. The molecule has 0 radical (unpaired) electrons. The van der Waals surface area contributed by atoms with Gasteiger partial charge in [0.1, 0.15) is 11.5 Å². The Morgan fingerprint density at radius 1 is 0.629 bits per heavy atom. The van der Waals surface area contributed by atoms with Gasteiger partial charge in [0, 0.05) is 28.6 Å². The second-order valence-corrected chi connectivity index (χ2v) is 10.1. The predicted molar refractivity (Wildman–Crippen MR) is 147 cm³/mol. The van der Waals surface area contributed by atoms with Crippen molar-refractivity contribution in [3.63, 3.8) is 0 Å². The van der Waals surface area contributed by atoms with Crippen LogP contribution >= 0.6 is 0 Å². The molecule has 35 heavy (non-hydrogen) atoms. The molecular weight excluding hydrogens is 426 g/mol. The van der Waals surface area contributed by atoms with Gasteiger partial charge in [0.25, 0.3) is 0 Å². The number of rotatable bonds is 3. The molecule has 6 rings (SSSR count). The van der Waals surface area contributed by atoms with Crippen molar-refractivity contribution in [3.8, 4) is 22.6 Å². The number of nitrogens with zero attached hydrogens (tertiary/aromatic N) is 1. The number of hydrogen-bond acceptors (Lipinski definition) is 2. The molecule has 0 aliphatic heterocycles. The fourth-order valence-electron chi connectivity index (χ4n) is 4.87. The number of fused-ring (bicyclic) bond motifs is 3. The number of benzene rings is 5. The van der Waals surface area contributed by atoms with E-state index < -0.39 is 0 Å². The lowest BCUT2D eigenvalue weighted by molar-refractivity contribution is 0.493. The van der Waals surface area contributed by atoms with E-state index in [9.17, 15) is 0 Å². The predicted octanol–water partition coefficient (Wildman–Crippen LogP) is 9.30. The van der Waals surface area contributed by atoms with Gasteiger partial charge in [-0.1, -0.05) is 87.5 Å². The Morgan fingerprint density at radius 2 is 1.37 bits per heavy atom. The summed E-state index contributed by atoms with van der Waals surface area (Å²) < 4.78 is 6.56. The summed E-state index contributed by atoms with van der Waals surface area (Å²) in [5, 5.41) is 6.90. The van der Waals surface area contributed by atoms with Crippen molar-refractivity contribution in [3.05, 3.63) is 115 Å². The van der Waals surface area contributed by atoms with Crippen molar-refractivity contribution >= 4 is 32.3 Å². The summed E-state index contributed by atoms with van der Waals surface area (Å²) in [6, 6.07) is 34.1. The van der Waals surface area contributed by atoms with E-state index in [0.29, 0.717) is 0 Å². The van der Waals surface area contributed by atoms with E-state index in [1.807, 2.05) is 42.7 Å². The van der Waals surface area contributed by atoms with Gasteiger partial charge < -0.3 is 4.74 Å². The van der Waals surface area contributed by atoms with Crippen LogP contribution in [-0.2, 0) is 5.41 Å². The zero-order valence-corrected chi connectivity index (χ0v) is 20.2. The Morgan fingerprint density at radius 3 is 2.17 bits per heavy atom. The van der Waals surface area contributed by atoms with E-state index in [4.69, 9.17) is 4.74 Å². The fraction of sp³-hybridized carbons (Fsp3) is 0.121. The first-order valence-electron chi connectivity index (χ1n) is 12.0. The van der Waals surface area contributed by atoms with Gasteiger partial charge in [0.2, 0.25) is 0 Å². The molecule has 0 aliphatic carbocycles. The Hall–Kier alpha value is -4.17. The second kappa shape index (κ2) is 8.25. The van der Waals surface area contributed by atoms with Gasteiger partial charge in [-0.05, 0) is 68.6 Å². The topological polar surface area (TPSA) is 22.1 Å². The van der Waals surface area contributed by atoms with Gasteiger partial charge in [-0.2, -0.15) is 0 Å². The normalized spacial score (nSPS) is 11.9. The molecule has 2 nitrogen and oxygen atoms in total. The van der Waals surface area contributed by atoms with Gasteiger partial charge in [-0.25, -0.2) is 0 Å². The molecule has 1 aromatic heterocycles. The molecule has 0 amide bonds. The summed E-state index contributed by atoms with van der Waals surface area (Å²) >= 11 is 0. The van der Waals surface area contributed by atoms with Crippen molar-refractivity contribution in [2.75, 3.05) is 0 Å². The monoisotopic (exact) mass is 453 g/mol. The largest absolute Gasteiger partial charge is 0.456 e. The van der Waals surface area contributed by atoms with E-state index in [0.717, 1.165) is 27.7 Å². The third kappa shape index (κ3) is 3.81. The first-order valence-corrected chi connectivity index (χ1v) is 12.0. The number of para-hydroxylation sites is 1. The summed E-state index contributed by atoms with van der Waals surface area (Å²) in [4.78, 5) is 4.53. The lowest BCUT2D eigenvalue weighted by Crippen LogP contribution is -2.10. The highest BCUT2D eigenvalue weighted by Crippen LogP contribution is 2.45. The van der Waals surface area contributed by atoms with Crippen LogP contribution in [0.3, 0.4) is 0 Å². The molecule has 5 aromatic carbocycles. The van der Waals surface area contributed by atoms with Crippen molar-refractivity contribution in [1.29, 1.82) is 0 Å². The summed E-state index contributed by atoms with van der Waals surface area (Å²) in [7, 11) is 0. The van der Waals surface area contributed by atoms with Gasteiger partial charge in [-0.3, -0.25) is 4.98 Å². The van der Waals surface area contributed by atoms with Crippen LogP contribution in [0.5, 0.6) is 11.5 Å². The SMILES string of the molecule is CC(C)(C)c1ccc2c(Oc3ccccc3)c3ccncc3c(-c3ccc4ccccc4c3)c2c1. The van der Waals surface area contributed by atoms with Crippen LogP contribution in [0.15, 0.2) is 109 Å². The van der Waals surface area contributed by atoms with Crippen LogP contribution in [0.25, 0.3) is 43.4 Å². The molecule has 6 aromatic rings. The molecule has 0 saturated heterocycles. The van der Waals surface area contributed by atoms with E-state index in [1.54, 1.807) is 0 Å². The van der Waals surface area contributed by atoms with E-state index in [1.165, 1.54) is 32.8 Å². The maximum Gasteiger partial charge on any atom is 0.143 e. The fourth-order valence-corrected chi connectivity index (χ4v) is 4.87. The van der Waals surface area contributed by atoms with E-state index >= 15 is 0 Å². The smallest absolute Gasteiger partial charge is 0.143 e. The summed E-state index contributed by atoms with van der Waals surface area (Å²) in [5.41, 5.74) is 3.70. The van der Waals surface area contributed by atoms with Gasteiger partial charge in [-0.15, -0.1) is 0 Å². The molecule has 1 heterocycles. The van der Waals surface area contributed by atoms with E-state index in [2.05, 4.69) is 92.5 Å². The Kier molecular flexibility index (Phi) is 5.04. The minimum atomic E-state index is 0.0270. The number of ether oxygens (including phenoxy) is 1. The van der Waals surface area contributed by atoms with Crippen LogP contribution in [0.4, 0.5) is 0 Å². The van der Waals surface area contributed by atoms with Crippen LogP contribution in [0.2, 0.25) is 0 Å². The van der Waals surface area contributed by atoms with Crippen LogP contribution in [0.1, 0.15) is 26.3 Å². The van der Waals surface area contributed by atoms with Crippen molar-refractivity contribution in [2.45, 2.75) is 26.2 Å². The molecular formula is C33H27NO. The summed E-state index contributed by atoms with van der Waals surface area (Å²) in [5.74, 6) is 1.69. The van der Waals surface area contributed by atoms with Crippen LogP contribution in [0, 0.1) is 0 Å². The van der Waals surface area contributed by atoms with Crippen LogP contribution in [-0.4, -0.2) is 4.98 Å². The van der Waals surface area contributed by atoms with Gasteiger partial charge in [0.05, 0.1) is 0 Å². The summed E-state index contributed by atoms with van der Waals surface area (Å²) in [6.07, 6.45) is 3.82. The van der Waals surface area contributed by atoms with Crippen molar-refractivity contribution < 1.29 is 4.74 Å². The molecule has 2 heteroatoms.